The van der Waals surface area contributed by atoms with Gasteiger partial charge in [0.05, 0.1) is 12.9 Å². The molecule has 0 fully saturated rings. The van der Waals surface area contributed by atoms with Crippen LogP contribution in [0.1, 0.15) is 30.8 Å². The highest BCUT2D eigenvalue weighted by molar-refractivity contribution is 7.88. The van der Waals surface area contributed by atoms with Crippen molar-refractivity contribution in [2.24, 2.45) is 0 Å². The van der Waals surface area contributed by atoms with Crippen LogP contribution in [0.5, 0.6) is 5.75 Å². The van der Waals surface area contributed by atoms with Crippen molar-refractivity contribution in [3.63, 3.8) is 0 Å². The van der Waals surface area contributed by atoms with Crippen LogP contribution < -0.4 is 10.1 Å². The van der Waals surface area contributed by atoms with Gasteiger partial charge in [0.15, 0.2) is 0 Å². The van der Waals surface area contributed by atoms with Crippen molar-refractivity contribution in [2.45, 2.75) is 20.3 Å². The number of ether oxygens (including phenoxy) is 1. The molecule has 27 heavy (non-hydrogen) atoms. The number of nitrogens with one attached hydrogen (secondary N) is 1. The van der Waals surface area contributed by atoms with Crippen molar-refractivity contribution in [3.8, 4) is 16.3 Å². The van der Waals surface area contributed by atoms with E-state index < -0.39 is 10.0 Å². The minimum Gasteiger partial charge on any atom is -0.494 e. The summed E-state index contributed by atoms with van der Waals surface area (Å²) in [5.41, 5.74) is 1.29. The van der Waals surface area contributed by atoms with Gasteiger partial charge in [0.2, 0.25) is 10.0 Å². The molecule has 1 aromatic heterocycles. The minimum atomic E-state index is -3.20. The topological polar surface area (TPSA) is 88.6 Å². The van der Waals surface area contributed by atoms with E-state index in [1.54, 1.807) is 12.3 Å². The van der Waals surface area contributed by atoms with Crippen molar-refractivity contribution in [1.29, 1.82) is 0 Å². The molecule has 0 bridgehead atoms. The van der Waals surface area contributed by atoms with Gasteiger partial charge in [0.1, 0.15) is 16.5 Å². The maximum absolute atomic E-state index is 12.2. The Bertz CT molecular complexity index is 848. The molecule has 0 aliphatic rings. The van der Waals surface area contributed by atoms with Gasteiger partial charge < -0.3 is 10.1 Å². The van der Waals surface area contributed by atoms with Crippen molar-refractivity contribution >= 4 is 27.3 Å². The third-order valence-corrected chi connectivity index (χ3v) is 6.11. The zero-order valence-electron chi connectivity index (χ0n) is 15.8. The fourth-order valence-electron chi connectivity index (χ4n) is 2.48. The first-order valence-corrected chi connectivity index (χ1v) is 11.5. The summed E-state index contributed by atoms with van der Waals surface area (Å²) in [5, 5.41) is 5.26. The maximum Gasteiger partial charge on any atom is 0.270 e. The van der Waals surface area contributed by atoms with E-state index in [1.807, 2.05) is 31.2 Å². The van der Waals surface area contributed by atoms with Gasteiger partial charge in [-0.15, -0.1) is 11.3 Å². The largest absolute Gasteiger partial charge is 0.494 e. The number of nitrogens with zero attached hydrogens (tertiary/aromatic N) is 2. The van der Waals surface area contributed by atoms with Gasteiger partial charge in [-0.2, -0.15) is 0 Å². The molecular formula is C18H25N3O4S2. The molecule has 0 unspecified atom stereocenters. The Labute approximate surface area is 164 Å². The molecule has 1 aromatic carbocycles. The highest BCUT2D eigenvalue weighted by atomic mass is 32.2. The van der Waals surface area contributed by atoms with Gasteiger partial charge in [0.25, 0.3) is 5.91 Å². The Balaban J connectivity index is 1.87. The van der Waals surface area contributed by atoms with Crippen molar-refractivity contribution in [1.82, 2.24) is 14.6 Å². The first-order chi connectivity index (χ1) is 12.8. The molecule has 0 aliphatic carbocycles. The summed E-state index contributed by atoms with van der Waals surface area (Å²) in [7, 11) is -3.20. The molecule has 2 rings (SSSR count). The molecule has 1 N–H and O–H groups in total. The third kappa shape index (κ3) is 6.30. The van der Waals surface area contributed by atoms with Crippen LogP contribution >= 0.6 is 11.3 Å². The van der Waals surface area contributed by atoms with E-state index in [0.717, 1.165) is 16.3 Å². The van der Waals surface area contributed by atoms with Gasteiger partial charge in [-0.25, -0.2) is 17.7 Å². The summed E-state index contributed by atoms with van der Waals surface area (Å²) < 4.78 is 29.9. The van der Waals surface area contributed by atoms with Crippen molar-refractivity contribution in [2.75, 3.05) is 32.5 Å². The fraction of sp³-hybridized carbons (Fsp3) is 0.444. The molecule has 148 valence electrons. The zero-order valence-corrected chi connectivity index (χ0v) is 17.4. The summed E-state index contributed by atoms with van der Waals surface area (Å²) in [6.45, 7) is 5.52. The van der Waals surface area contributed by atoms with Gasteiger partial charge in [-0.1, -0.05) is 6.92 Å². The van der Waals surface area contributed by atoms with Crippen LogP contribution in [0.4, 0.5) is 0 Å². The van der Waals surface area contributed by atoms with Crippen LogP contribution in [0.15, 0.2) is 29.6 Å². The molecule has 0 saturated carbocycles. The van der Waals surface area contributed by atoms with Crippen molar-refractivity contribution in [3.05, 3.63) is 35.3 Å². The summed E-state index contributed by atoms with van der Waals surface area (Å²) in [4.78, 5) is 16.6. The van der Waals surface area contributed by atoms with E-state index in [0.29, 0.717) is 38.4 Å². The second kappa shape index (κ2) is 9.82. The lowest BCUT2D eigenvalue weighted by molar-refractivity contribution is 0.0948. The average Bonchev–Trinajstić information content (AvgIpc) is 3.11. The first kappa shape index (κ1) is 21.3. The van der Waals surface area contributed by atoms with E-state index in [9.17, 15) is 13.2 Å². The van der Waals surface area contributed by atoms with Crippen LogP contribution in [0.3, 0.4) is 0 Å². The second-order valence-electron chi connectivity index (χ2n) is 5.86. The lowest BCUT2D eigenvalue weighted by Gasteiger charge is -2.17. The van der Waals surface area contributed by atoms with Crippen LogP contribution in [0, 0.1) is 0 Å². The molecule has 0 atom stereocenters. The average molecular weight is 412 g/mol. The Morgan fingerprint density at radius 1 is 1.26 bits per heavy atom. The summed E-state index contributed by atoms with van der Waals surface area (Å²) >= 11 is 1.40. The molecule has 2 aromatic rings. The predicted octanol–water partition coefficient (Wildman–Crippen LogP) is 2.61. The zero-order chi connectivity index (χ0) is 19.9. The Morgan fingerprint density at radius 2 is 1.96 bits per heavy atom. The molecule has 1 amide bonds. The number of carbonyl (C=O) groups is 1. The van der Waals surface area contributed by atoms with Gasteiger partial charge in [0, 0.05) is 30.6 Å². The van der Waals surface area contributed by atoms with Gasteiger partial charge in [-0.3, -0.25) is 4.79 Å². The molecular weight excluding hydrogens is 386 g/mol. The number of rotatable bonds is 10. The number of benzene rings is 1. The number of sulfonamides is 1. The molecule has 0 saturated heterocycles. The predicted molar refractivity (Wildman–Crippen MR) is 108 cm³/mol. The Morgan fingerprint density at radius 3 is 2.56 bits per heavy atom. The number of thiazole rings is 1. The number of hydrogen-bond donors (Lipinski definition) is 1. The van der Waals surface area contributed by atoms with E-state index in [-0.39, 0.29) is 5.91 Å². The van der Waals surface area contributed by atoms with Crippen molar-refractivity contribution < 1.29 is 17.9 Å². The van der Waals surface area contributed by atoms with Crippen LogP contribution in [-0.4, -0.2) is 56.1 Å². The van der Waals surface area contributed by atoms with Crippen LogP contribution in [-0.2, 0) is 10.0 Å². The molecule has 0 spiro atoms. The minimum absolute atomic E-state index is 0.258. The smallest absolute Gasteiger partial charge is 0.270 e. The quantitative estimate of drug-likeness (QED) is 0.607. The standard InChI is InChI=1S/C18H25N3O4S2/c1-4-21(27(3,23)24)12-6-11-19-17(22)16-13-26-18(20-16)14-7-9-15(10-8-14)25-5-2/h7-10,13H,4-6,11-12H2,1-3H3,(H,19,22). The Hall–Kier alpha value is -1.97. The molecule has 9 heteroatoms. The number of hydrogen-bond acceptors (Lipinski definition) is 6. The summed E-state index contributed by atoms with van der Waals surface area (Å²) in [6.07, 6.45) is 1.73. The SMILES string of the molecule is CCOc1ccc(-c2nc(C(=O)NCCCN(CC)S(C)(=O)=O)cs2)cc1. The maximum atomic E-state index is 12.2. The van der Waals surface area contributed by atoms with E-state index >= 15 is 0 Å². The third-order valence-electron chi connectivity index (χ3n) is 3.84. The van der Waals surface area contributed by atoms with E-state index in [4.69, 9.17) is 4.74 Å². The van der Waals surface area contributed by atoms with Crippen LogP contribution in [0.2, 0.25) is 0 Å². The van der Waals surface area contributed by atoms with Crippen LogP contribution in [0.25, 0.3) is 10.6 Å². The molecule has 7 nitrogen and oxygen atoms in total. The molecule has 0 radical (unpaired) electrons. The second-order valence-corrected chi connectivity index (χ2v) is 8.70. The first-order valence-electron chi connectivity index (χ1n) is 8.77. The normalized spacial score (nSPS) is 11.6. The molecule has 1 heterocycles. The fourth-order valence-corrected chi connectivity index (χ4v) is 4.21. The summed E-state index contributed by atoms with van der Waals surface area (Å²) in [5.74, 6) is 0.539. The Kier molecular flexibility index (Phi) is 7.76. The monoisotopic (exact) mass is 411 g/mol. The van der Waals surface area contributed by atoms with Gasteiger partial charge in [-0.05, 0) is 37.6 Å². The molecule has 0 aliphatic heterocycles. The highest BCUT2D eigenvalue weighted by Crippen LogP contribution is 2.25. The van der Waals surface area contributed by atoms with E-state index in [1.165, 1.54) is 21.9 Å². The van der Waals surface area contributed by atoms with E-state index in [2.05, 4.69) is 10.3 Å². The lowest BCUT2D eigenvalue weighted by atomic mass is 10.2. The highest BCUT2D eigenvalue weighted by Gasteiger charge is 2.15. The number of amides is 1. The van der Waals surface area contributed by atoms with Gasteiger partial charge >= 0.3 is 0 Å². The summed E-state index contributed by atoms with van der Waals surface area (Å²) in [6, 6.07) is 7.58. The number of carbonyl (C=O) groups excluding carboxylic acids is 1. The lowest BCUT2D eigenvalue weighted by Crippen LogP contribution is -2.33. The number of aromatic nitrogens is 1.